The zero-order valence-corrected chi connectivity index (χ0v) is 10.0. The van der Waals surface area contributed by atoms with E-state index in [0.29, 0.717) is 12.1 Å². The minimum absolute atomic E-state index is 0.0302. The van der Waals surface area contributed by atoms with Crippen molar-refractivity contribution in [2.24, 2.45) is 0 Å². The molecule has 1 amide bonds. The zero-order chi connectivity index (χ0) is 12.3. The van der Waals surface area contributed by atoms with Crippen molar-refractivity contribution in [3.05, 3.63) is 24.0 Å². The summed E-state index contributed by atoms with van der Waals surface area (Å²) >= 11 is 0. The number of nitrogens with one attached hydrogen (secondary N) is 1. The Hall–Kier alpha value is -1.62. The molecule has 1 unspecified atom stereocenters. The number of nitrogens with zero attached hydrogens (tertiary/aromatic N) is 2. The van der Waals surface area contributed by atoms with Crippen LogP contribution in [0.2, 0.25) is 0 Å². The predicted octanol–water partition coefficient (Wildman–Crippen LogP) is 0.0266. The van der Waals surface area contributed by atoms with Crippen molar-refractivity contribution >= 4 is 11.6 Å². The molecule has 1 aliphatic heterocycles. The number of carbonyl (C=O) groups is 1. The van der Waals surface area contributed by atoms with E-state index in [-0.39, 0.29) is 11.9 Å². The summed E-state index contributed by atoms with van der Waals surface area (Å²) in [6.45, 7) is 1.98. The van der Waals surface area contributed by atoms with E-state index in [1.165, 1.54) is 0 Å². The second-order valence-electron chi connectivity index (χ2n) is 4.58. The Labute approximate surface area is 101 Å². The molecule has 0 aromatic carbocycles. The Bertz CT molecular complexity index is 390. The Balaban J connectivity index is 1.83. The molecule has 1 saturated heterocycles. The molecule has 0 bridgehead atoms. The van der Waals surface area contributed by atoms with Crippen LogP contribution < -0.4 is 11.1 Å². The molecule has 1 aromatic heterocycles. The van der Waals surface area contributed by atoms with Crippen LogP contribution in [-0.4, -0.2) is 42.0 Å². The molecule has 0 spiro atoms. The molecular formula is C12H18N4O. The average Bonchev–Trinajstić information content (AvgIpc) is 2.67. The van der Waals surface area contributed by atoms with E-state index in [1.807, 2.05) is 0 Å². The minimum Gasteiger partial charge on any atom is -0.397 e. The van der Waals surface area contributed by atoms with Crippen LogP contribution in [0.3, 0.4) is 0 Å². The first-order valence-electron chi connectivity index (χ1n) is 5.82. The number of amides is 1. The SMILES string of the molecule is CN1CCC(NC(=O)Cc2ccc(N)cn2)C1. The Kier molecular flexibility index (Phi) is 3.58. The van der Waals surface area contributed by atoms with Crippen LogP contribution in [0.25, 0.3) is 0 Å². The highest BCUT2D eigenvalue weighted by molar-refractivity contribution is 5.78. The van der Waals surface area contributed by atoms with Crippen LogP contribution >= 0.6 is 0 Å². The summed E-state index contributed by atoms with van der Waals surface area (Å²) in [6.07, 6.45) is 2.92. The second kappa shape index (κ2) is 5.14. The van der Waals surface area contributed by atoms with Crippen molar-refractivity contribution in [3.63, 3.8) is 0 Å². The van der Waals surface area contributed by atoms with Gasteiger partial charge in [0.25, 0.3) is 0 Å². The van der Waals surface area contributed by atoms with Crippen LogP contribution in [0.4, 0.5) is 5.69 Å². The summed E-state index contributed by atoms with van der Waals surface area (Å²) in [5.41, 5.74) is 6.91. The summed E-state index contributed by atoms with van der Waals surface area (Å²) in [5, 5.41) is 3.02. The highest BCUT2D eigenvalue weighted by Gasteiger charge is 2.20. The van der Waals surface area contributed by atoms with Crippen LogP contribution in [0.1, 0.15) is 12.1 Å². The summed E-state index contributed by atoms with van der Waals surface area (Å²) < 4.78 is 0. The van der Waals surface area contributed by atoms with Gasteiger partial charge < -0.3 is 16.0 Å². The number of likely N-dealkylation sites (N-methyl/N-ethyl adjacent to an activating group) is 1. The van der Waals surface area contributed by atoms with Crippen molar-refractivity contribution in [2.75, 3.05) is 25.9 Å². The van der Waals surface area contributed by atoms with Gasteiger partial charge in [-0.2, -0.15) is 0 Å². The number of likely N-dealkylation sites (tertiary alicyclic amines) is 1. The number of carbonyl (C=O) groups excluding carboxylic acids is 1. The number of nitrogen functional groups attached to an aromatic ring is 1. The summed E-state index contributed by atoms with van der Waals surface area (Å²) in [6, 6.07) is 3.83. The average molecular weight is 234 g/mol. The van der Waals surface area contributed by atoms with Gasteiger partial charge in [-0.3, -0.25) is 9.78 Å². The molecule has 0 aliphatic carbocycles. The fourth-order valence-corrected chi connectivity index (χ4v) is 2.04. The molecule has 0 saturated carbocycles. The summed E-state index contributed by atoms with van der Waals surface area (Å²) in [5.74, 6) is 0.0302. The number of aromatic nitrogens is 1. The fraction of sp³-hybridized carbons (Fsp3) is 0.500. The number of nitrogens with two attached hydrogens (primary N) is 1. The van der Waals surface area contributed by atoms with E-state index in [0.717, 1.165) is 25.2 Å². The van der Waals surface area contributed by atoms with Crippen LogP contribution in [0.5, 0.6) is 0 Å². The first-order valence-corrected chi connectivity index (χ1v) is 5.82. The highest BCUT2D eigenvalue weighted by atomic mass is 16.1. The maximum absolute atomic E-state index is 11.8. The lowest BCUT2D eigenvalue weighted by Crippen LogP contribution is -2.37. The topological polar surface area (TPSA) is 71.2 Å². The number of pyridine rings is 1. The normalized spacial score (nSPS) is 20.4. The van der Waals surface area contributed by atoms with Gasteiger partial charge >= 0.3 is 0 Å². The molecular weight excluding hydrogens is 216 g/mol. The lowest BCUT2D eigenvalue weighted by Gasteiger charge is -2.12. The number of anilines is 1. The van der Waals surface area contributed by atoms with Gasteiger partial charge in [-0.1, -0.05) is 0 Å². The Morgan fingerprint density at radius 1 is 1.65 bits per heavy atom. The van der Waals surface area contributed by atoms with E-state index < -0.39 is 0 Å². The van der Waals surface area contributed by atoms with Gasteiger partial charge in [-0.05, 0) is 32.1 Å². The first kappa shape index (κ1) is 11.9. The standard InChI is InChI=1S/C12H18N4O/c1-16-5-4-11(8-16)15-12(17)6-10-3-2-9(13)7-14-10/h2-3,7,11H,4-6,8,13H2,1H3,(H,15,17). The molecule has 3 N–H and O–H groups in total. The van der Waals surface area contributed by atoms with Crippen LogP contribution in [-0.2, 0) is 11.2 Å². The quantitative estimate of drug-likeness (QED) is 0.774. The summed E-state index contributed by atoms with van der Waals surface area (Å²) in [4.78, 5) is 18.1. The molecule has 17 heavy (non-hydrogen) atoms. The number of hydrogen-bond donors (Lipinski definition) is 2. The van der Waals surface area contributed by atoms with Crippen molar-refractivity contribution < 1.29 is 4.79 Å². The van der Waals surface area contributed by atoms with Crippen molar-refractivity contribution in [1.29, 1.82) is 0 Å². The highest BCUT2D eigenvalue weighted by Crippen LogP contribution is 2.07. The molecule has 2 rings (SSSR count). The number of rotatable bonds is 3. The van der Waals surface area contributed by atoms with Gasteiger partial charge in [0.15, 0.2) is 0 Å². The third-order valence-electron chi connectivity index (χ3n) is 2.95. The Morgan fingerprint density at radius 3 is 3.06 bits per heavy atom. The van der Waals surface area contributed by atoms with E-state index in [1.54, 1.807) is 18.3 Å². The molecule has 0 radical (unpaired) electrons. The zero-order valence-electron chi connectivity index (χ0n) is 10.0. The van der Waals surface area contributed by atoms with Crippen molar-refractivity contribution in [3.8, 4) is 0 Å². The van der Waals surface area contributed by atoms with Gasteiger partial charge in [0.2, 0.25) is 5.91 Å². The molecule has 5 nitrogen and oxygen atoms in total. The molecule has 1 atom stereocenters. The largest absolute Gasteiger partial charge is 0.397 e. The van der Waals surface area contributed by atoms with Crippen molar-refractivity contribution in [2.45, 2.75) is 18.9 Å². The van der Waals surface area contributed by atoms with Gasteiger partial charge in [-0.15, -0.1) is 0 Å². The third kappa shape index (κ3) is 3.42. The van der Waals surface area contributed by atoms with Crippen molar-refractivity contribution in [1.82, 2.24) is 15.2 Å². The van der Waals surface area contributed by atoms with Gasteiger partial charge in [0.1, 0.15) is 0 Å². The predicted molar refractivity (Wildman–Crippen MR) is 66.4 cm³/mol. The molecule has 1 aliphatic rings. The summed E-state index contributed by atoms with van der Waals surface area (Å²) in [7, 11) is 2.06. The smallest absolute Gasteiger partial charge is 0.226 e. The van der Waals surface area contributed by atoms with Gasteiger partial charge in [-0.25, -0.2) is 0 Å². The lowest BCUT2D eigenvalue weighted by molar-refractivity contribution is -0.121. The lowest BCUT2D eigenvalue weighted by atomic mass is 10.2. The fourth-order valence-electron chi connectivity index (χ4n) is 2.04. The minimum atomic E-state index is 0.0302. The second-order valence-corrected chi connectivity index (χ2v) is 4.58. The van der Waals surface area contributed by atoms with E-state index in [2.05, 4.69) is 22.2 Å². The maximum Gasteiger partial charge on any atom is 0.226 e. The van der Waals surface area contributed by atoms with Crippen LogP contribution in [0.15, 0.2) is 18.3 Å². The van der Waals surface area contributed by atoms with Crippen LogP contribution in [0, 0.1) is 0 Å². The monoisotopic (exact) mass is 234 g/mol. The first-order chi connectivity index (χ1) is 8.13. The number of hydrogen-bond acceptors (Lipinski definition) is 4. The maximum atomic E-state index is 11.8. The van der Waals surface area contributed by atoms with Gasteiger partial charge in [0, 0.05) is 18.3 Å². The molecule has 5 heteroatoms. The molecule has 1 fully saturated rings. The van der Waals surface area contributed by atoms with E-state index in [4.69, 9.17) is 5.73 Å². The van der Waals surface area contributed by atoms with E-state index >= 15 is 0 Å². The third-order valence-corrected chi connectivity index (χ3v) is 2.95. The molecule has 2 heterocycles. The molecule has 92 valence electrons. The molecule has 1 aromatic rings. The Morgan fingerprint density at radius 2 is 2.47 bits per heavy atom. The van der Waals surface area contributed by atoms with Gasteiger partial charge in [0.05, 0.1) is 18.3 Å². The van der Waals surface area contributed by atoms with E-state index in [9.17, 15) is 4.79 Å².